The van der Waals surface area contributed by atoms with Gasteiger partial charge in [0.15, 0.2) is 0 Å². The van der Waals surface area contributed by atoms with Gasteiger partial charge in [-0.25, -0.2) is 0 Å². The fraction of sp³-hybridized carbons (Fsp3) is 0.333. The van der Waals surface area contributed by atoms with Crippen LogP contribution >= 0.6 is 0 Å². The topological polar surface area (TPSA) is 121 Å². The SMILES string of the molecule is CO[C](=[Cr])C1=C(C(C)(C)C)ON(C)C1c1ccccc1.[C-]#[O+].[C-]#[O+].[C-]#[O+].[C-]#[O+].[C-]#[O+]. The molecular formula is C21H21CrNO7. The zero-order chi connectivity index (χ0) is 24.9. The Morgan fingerprint density at radius 3 is 1.67 bits per heavy atom. The van der Waals surface area contributed by atoms with Crippen LogP contribution in [0.15, 0.2) is 41.7 Å². The van der Waals surface area contributed by atoms with Gasteiger partial charge in [-0.05, 0) is 0 Å². The number of ether oxygens (including phenoxy) is 1. The normalized spacial score (nSPS) is 13.8. The van der Waals surface area contributed by atoms with Gasteiger partial charge in [0.05, 0.1) is 0 Å². The summed E-state index contributed by atoms with van der Waals surface area (Å²) in [5.41, 5.74) is 2.18. The molecule has 0 saturated carbocycles. The molecule has 8 nitrogen and oxygen atoms in total. The van der Waals surface area contributed by atoms with Crippen molar-refractivity contribution in [3.63, 3.8) is 0 Å². The maximum absolute atomic E-state index is 7.50. The number of nitrogens with zero attached hydrogens (tertiary/aromatic N) is 1. The second kappa shape index (κ2) is 21.5. The second-order valence-corrected chi connectivity index (χ2v) is 6.51. The Morgan fingerprint density at radius 2 is 1.33 bits per heavy atom. The number of allylic oxidation sites excluding steroid dienone is 1. The summed E-state index contributed by atoms with van der Waals surface area (Å²) in [6, 6.07) is 10.4. The molecule has 1 unspecified atom stereocenters. The Bertz CT molecular complexity index is 706. The van der Waals surface area contributed by atoms with Gasteiger partial charge in [-0.15, -0.1) is 0 Å². The molecule has 0 fully saturated rings. The molecule has 1 aliphatic rings. The summed E-state index contributed by atoms with van der Waals surface area (Å²) in [4.78, 5) is 6.02. The Balaban J connectivity index is -0.000000296. The van der Waals surface area contributed by atoms with E-state index in [1.807, 2.05) is 30.3 Å². The van der Waals surface area contributed by atoms with Crippen LogP contribution in [-0.4, -0.2) is 23.8 Å². The number of hydrogen-bond acceptors (Lipinski definition) is 3. The molecule has 1 atom stereocenters. The fourth-order valence-corrected chi connectivity index (χ4v) is 2.74. The van der Waals surface area contributed by atoms with Crippen molar-refractivity contribution in [1.29, 1.82) is 0 Å². The standard InChI is InChI=1S/C16H21NO2.5CO.Cr/c1-16(2,3)15-13(11-18-5)14(17(4)19-15)12-9-7-6-8-10-12;5*1-2;/h6-10,14H,1-5H3;;;;;;. The predicted octanol–water partition coefficient (Wildman–Crippen LogP) is 3.04. The van der Waals surface area contributed by atoms with Gasteiger partial charge in [0.2, 0.25) is 0 Å². The van der Waals surface area contributed by atoms with Gasteiger partial charge in [0.25, 0.3) is 0 Å². The molecule has 1 heterocycles. The molecule has 0 aromatic heterocycles. The van der Waals surface area contributed by atoms with Crippen LogP contribution in [0.3, 0.4) is 0 Å². The van der Waals surface area contributed by atoms with E-state index in [0.717, 1.165) is 15.9 Å². The van der Waals surface area contributed by atoms with Crippen molar-refractivity contribution in [3.05, 3.63) is 80.5 Å². The third-order valence-corrected chi connectivity index (χ3v) is 3.92. The van der Waals surface area contributed by atoms with Crippen molar-refractivity contribution in [2.24, 2.45) is 5.41 Å². The Morgan fingerprint density at radius 1 is 0.933 bits per heavy atom. The minimum atomic E-state index is -0.0826. The van der Waals surface area contributed by atoms with Crippen molar-refractivity contribution in [2.45, 2.75) is 26.8 Å². The van der Waals surface area contributed by atoms with E-state index in [1.54, 1.807) is 7.11 Å². The maximum atomic E-state index is 7.50. The van der Waals surface area contributed by atoms with Gasteiger partial charge >= 0.3 is 185 Å². The van der Waals surface area contributed by atoms with Gasteiger partial charge in [0, 0.05) is 0 Å². The number of benzene rings is 1. The molecule has 0 spiro atoms. The molecule has 9 heteroatoms. The number of methoxy groups -OCH3 is 1. The van der Waals surface area contributed by atoms with Gasteiger partial charge < -0.3 is 0 Å². The Labute approximate surface area is 185 Å². The Kier molecular flexibility index (Phi) is 25.2. The van der Waals surface area contributed by atoms with E-state index in [0.29, 0.717) is 0 Å². The van der Waals surface area contributed by atoms with E-state index in [1.165, 1.54) is 5.56 Å². The zero-order valence-corrected chi connectivity index (χ0v) is 18.5. The zero-order valence-electron chi connectivity index (χ0n) is 17.2. The first-order chi connectivity index (χ1) is 14.4. The summed E-state index contributed by atoms with van der Waals surface area (Å²) in [7, 11) is 3.64. The summed E-state index contributed by atoms with van der Waals surface area (Å²) < 4.78 is 43.7. The van der Waals surface area contributed by atoms with Crippen LogP contribution in [0.1, 0.15) is 32.4 Å². The molecular weight excluding hydrogens is 430 g/mol. The van der Waals surface area contributed by atoms with Crippen molar-refractivity contribution >= 4 is 4.57 Å². The summed E-state index contributed by atoms with van der Waals surface area (Å²) in [6.07, 6.45) is 0. The van der Waals surface area contributed by atoms with Crippen LogP contribution in [0.4, 0.5) is 0 Å². The molecule has 2 rings (SSSR count). The van der Waals surface area contributed by atoms with Gasteiger partial charge in [-0.2, -0.15) is 0 Å². The fourth-order valence-electron chi connectivity index (χ4n) is 2.42. The molecule has 30 heavy (non-hydrogen) atoms. The third kappa shape index (κ3) is 11.1. The molecule has 0 aliphatic carbocycles. The molecule has 0 N–H and O–H groups in total. The molecule has 0 saturated heterocycles. The van der Waals surface area contributed by atoms with Crippen LogP contribution in [-0.2, 0) is 48.7 Å². The predicted molar refractivity (Wildman–Crippen MR) is 96.2 cm³/mol. The minimum absolute atomic E-state index is 0.0432. The first kappa shape index (κ1) is 35.2. The average Bonchev–Trinajstić information content (AvgIpc) is 3.18. The van der Waals surface area contributed by atoms with Crippen LogP contribution in [0.25, 0.3) is 0 Å². The van der Waals surface area contributed by atoms with Gasteiger partial charge in [-0.1, -0.05) is 0 Å². The first-order valence-electron chi connectivity index (χ1n) is 7.67. The quantitative estimate of drug-likeness (QED) is 0.519. The van der Waals surface area contributed by atoms with Crippen molar-refractivity contribution in [3.8, 4) is 0 Å². The number of hydrogen-bond donors (Lipinski definition) is 0. The summed E-state index contributed by atoms with van der Waals surface area (Å²) in [6.45, 7) is 28.9. The van der Waals surface area contributed by atoms with E-state index in [-0.39, 0.29) is 11.5 Å². The average molecular weight is 451 g/mol. The van der Waals surface area contributed by atoms with Gasteiger partial charge in [0.1, 0.15) is 0 Å². The van der Waals surface area contributed by atoms with Crippen molar-refractivity contribution in [2.75, 3.05) is 14.2 Å². The summed E-state index contributed by atoms with van der Waals surface area (Å²) >= 11 is 3.02. The summed E-state index contributed by atoms with van der Waals surface area (Å²) in [5.74, 6) is 0.949. The molecule has 158 valence electrons. The summed E-state index contributed by atoms with van der Waals surface area (Å²) in [5, 5.41) is 1.89. The van der Waals surface area contributed by atoms with Crippen molar-refractivity contribution in [1.82, 2.24) is 5.06 Å². The monoisotopic (exact) mass is 451 g/mol. The van der Waals surface area contributed by atoms with E-state index in [4.69, 9.17) is 32.8 Å². The first-order valence-corrected chi connectivity index (χ1v) is 8.30. The van der Waals surface area contributed by atoms with Crippen molar-refractivity contribution < 1.29 is 48.7 Å². The molecule has 0 bridgehead atoms. The van der Waals surface area contributed by atoms with Crippen LogP contribution in [0.2, 0.25) is 0 Å². The second-order valence-electron chi connectivity index (χ2n) is 5.94. The number of hydroxylamine groups is 2. The van der Waals surface area contributed by atoms with E-state index in [9.17, 15) is 0 Å². The van der Waals surface area contributed by atoms with E-state index < -0.39 is 0 Å². The molecule has 1 aromatic rings. The number of rotatable bonds is 3. The van der Waals surface area contributed by atoms with Crippen LogP contribution in [0, 0.1) is 38.7 Å². The number of likely N-dealkylation sites (N-methyl/N-ethyl adjacent to an activating group) is 1. The molecule has 0 amide bonds. The van der Waals surface area contributed by atoms with Gasteiger partial charge in [-0.3, -0.25) is 0 Å². The molecule has 1 aliphatic heterocycles. The van der Waals surface area contributed by atoms with Crippen LogP contribution in [0.5, 0.6) is 0 Å². The van der Waals surface area contributed by atoms with E-state index in [2.05, 4.69) is 82.0 Å². The molecule has 0 radical (unpaired) electrons. The molecule has 1 aromatic carbocycles. The van der Waals surface area contributed by atoms with Crippen LogP contribution < -0.4 is 0 Å². The van der Waals surface area contributed by atoms with E-state index >= 15 is 0 Å². The Hall–Kier alpha value is -2.22. The third-order valence-electron chi connectivity index (χ3n) is 3.32.